The van der Waals surface area contributed by atoms with E-state index in [1.54, 1.807) is 6.07 Å². The van der Waals surface area contributed by atoms with Crippen LogP contribution >= 0.6 is 0 Å². The van der Waals surface area contributed by atoms with Gasteiger partial charge >= 0.3 is 5.63 Å². The summed E-state index contributed by atoms with van der Waals surface area (Å²) in [7, 11) is 1.99. The average Bonchev–Trinajstić information content (AvgIpc) is 2.30. The Bertz CT molecular complexity index is 604. The lowest BCUT2D eigenvalue weighted by Gasteiger charge is -2.13. The molecule has 2 N–H and O–H groups in total. The maximum atomic E-state index is 11.5. The highest BCUT2D eigenvalue weighted by Crippen LogP contribution is 2.17. The van der Waals surface area contributed by atoms with Crippen molar-refractivity contribution in [3.05, 3.63) is 45.8 Å². The van der Waals surface area contributed by atoms with Crippen molar-refractivity contribution in [1.29, 1.82) is 0 Å². The number of aliphatic hydroxyl groups excluding tert-OH is 1. The van der Waals surface area contributed by atoms with E-state index in [0.29, 0.717) is 18.7 Å². The molecule has 2 rings (SSSR count). The minimum Gasteiger partial charge on any atom is -0.423 e. The van der Waals surface area contributed by atoms with Gasteiger partial charge in [-0.3, -0.25) is 0 Å². The summed E-state index contributed by atoms with van der Waals surface area (Å²) >= 11 is 0. The zero-order valence-corrected chi connectivity index (χ0v) is 10.7. The highest BCUT2D eigenvalue weighted by Gasteiger charge is 2.10. The Kier molecular flexibility index (Phi) is 3.79. The molecule has 1 aromatic carbocycles. The summed E-state index contributed by atoms with van der Waals surface area (Å²) in [5.41, 5.74) is 2.41. The van der Waals surface area contributed by atoms with E-state index < -0.39 is 0 Å². The Balaban J connectivity index is 2.47. The van der Waals surface area contributed by atoms with Crippen molar-refractivity contribution in [2.24, 2.45) is 0 Å². The van der Waals surface area contributed by atoms with E-state index in [-0.39, 0.29) is 12.2 Å². The first-order valence-electron chi connectivity index (χ1n) is 6.05. The number of hydrogen-bond donors (Lipinski definition) is 2. The molecule has 0 spiro atoms. The van der Waals surface area contributed by atoms with Crippen molar-refractivity contribution < 1.29 is 14.4 Å². The third-order valence-electron chi connectivity index (χ3n) is 3.01. The van der Waals surface area contributed by atoms with Crippen LogP contribution in [0, 0.1) is 6.92 Å². The molecule has 4 heteroatoms. The molecule has 1 aromatic heterocycles. The molecule has 0 amide bonds. The minimum absolute atomic E-state index is 0.143. The summed E-state index contributed by atoms with van der Waals surface area (Å²) in [6.07, 6.45) is 0. The van der Waals surface area contributed by atoms with Crippen LogP contribution in [0.2, 0.25) is 0 Å². The molecule has 0 saturated carbocycles. The lowest BCUT2D eigenvalue weighted by Crippen LogP contribution is -3.08. The molecule has 1 unspecified atom stereocenters. The molecule has 0 radical (unpaired) electrons. The highest BCUT2D eigenvalue weighted by molar-refractivity contribution is 5.80. The normalized spacial score (nSPS) is 12.8. The van der Waals surface area contributed by atoms with Gasteiger partial charge in [0.25, 0.3) is 0 Å². The Labute approximate surface area is 105 Å². The van der Waals surface area contributed by atoms with Crippen LogP contribution in [0.15, 0.2) is 33.5 Å². The second-order valence-corrected chi connectivity index (χ2v) is 4.70. The standard InChI is InChI=1S/C14H17NO3/c1-10-3-4-13-12(7-10)11(8-14(17)18-13)9-15(2)5-6-16/h3-4,7-8,16H,5-6,9H2,1-2H3/p+1. The molecule has 4 nitrogen and oxygen atoms in total. The fourth-order valence-corrected chi connectivity index (χ4v) is 2.09. The molecule has 18 heavy (non-hydrogen) atoms. The largest absolute Gasteiger partial charge is 0.423 e. The van der Waals surface area contributed by atoms with Crippen LogP contribution in [0.3, 0.4) is 0 Å². The first kappa shape index (κ1) is 12.8. The van der Waals surface area contributed by atoms with Crippen LogP contribution in [0.1, 0.15) is 11.1 Å². The smallest absolute Gasteiger partial charge is 0.336 e. The van der Waals surface area contributed by atoms with Gasteiger partial charge in [0.15, 0.2) is 0 Å². The molecule has 1 atom stereocenters. The van der Waals surface area contributed by atoms with E-state index >= 15 is 0 Å². The topological polar surface area (TPSA) is 54.9 Å². The molecule has 0 aliphatic heterocycles. The van der Waals surface area contributed by atoms with Crippen LogP contribution < -0.4 is 10.5 Å². The first-order valence-corrected chi connectivity index (χ1v) is 6.05. The van der Waals surface area contributed by atoms with E-state index in [9.17, 15) is 4.79 Å². The number of hydrogen-bond acceptors (Lipinski definition) is 3. The zero-order chi connectivity index (χ0) is 13.1. The molecule has 0 saturated heterocycles. The van der Waals surface area contributed by atoms with Gasteiger partial charge in [0.1, 0.15) is 18.7 Å². The molecule has 1 heterocycles. The van der Waals surface area contributed by atoms with Gasteiger partial charge in [-0.2, -0.15) is 0 Å². The SMILES string of the molecule is Cc1ccc2oc(=O)cc(C[NH+](C)CCO)c2c1. The average molecular weight is 248 g/mol. The minimum atomic E-state index is -0.321. The zero-order valence-electron chi connectivity index (χ0n) is 10.7. The molecule has 0 aliphatic carbocycles. The molecule has 0 bridgehead atoms. The van der Waals surface area contributed by atoms with Crippen LogP contribution in [0.5, 0.6) is 0 Å². The molecule has 0 fully saturated rings. The summed E-state index contributed by atoms with van der Waals surface area (Å²) < 4.78 is 5.18. The van der Waals surface area contributed by atoms with Crippen molar-refractivity contribution in [2.75, 3.05) is 20.2 Å². The van der Waals surface area contributed by atoms with Crippen molar-refractivity contribution in [2.45, 2.75) is 13.5 Å². The fourth-order valence-electron chi connectivity index (χ4n) is 2.09. The molecule has 2 aromatic rings. The predicted octanol–water partition coefficient (Wildman–Crippen LogP) is 0.108. The summed E-state index contributed by atoms with van der Waals surface area (Å²) in [5.74, 6) is 0. The summed E-state index contributed by atoms with van der Waals surface area (Å²) in [4.78, 5) is 12.7. The van der Waals surface area contributed by atoms with Gasteiger partial charge in [0, 0.05) is 17.0 Å². The summed E-state index contributed by atoms with van der Waals surface area (Å²) in [6.45, 7) is 3.52. The van der Waals surface area contributed by atoms with Crippen LogP contribution in [0.25, 0.3) is 11.0 Å². The molecule has 96 valence electrons. The Hall–Kier alpha value is -1.65. The number of quaternary nitrogens is 1. The predicted molar refractivity (Wildman–Crippen MR) is 69.8 cm³/mol. The molecular weight excluding hydrogens is 230 g/mol. The summed E-state index contributed by atoms with van der Waals surface area (Å²) in [6, 6.07) is 7.33. The Morgan fingerprint density at radius 1 is 1.33 bits per heavy atom. The maximum absolute atomic E-state index is 11.5. The van der Waals surface area contributed by atoms with Gasteiger partial charge in [-0.25, -0.2) is 4.79 Å². The van der Waals surface area contributed by atoms with Gasteiger partial charge in [-0.05, 0) is 19.1 Å². The number of fused-ring (bicyclic) bond motifs is 1. The molecular formula is C14H18NO3+. The van der Waals surface area contributed by atoms with Crippen LogP contribution in [-0.4, -0.2) is 25.3 Å². The fraction of sp³-hybridized carbons (Fsp3) is 0.357. The second-order valence-electron chi connectivity index (χ2n) is 4.70. The number of rotatable bonds is 4. The van der Waals surface area contributed by atoms with E-state index in [1.165, 1.54) is 0 Å². The quantitative estimate of drug-likeness (QED) is 0.755. The number of likely N-dealkylation sites (N-methyl/N-ethyl adjacent to an activating group) is 1. The van der Waals surface area contributed by atoms with Crippen molar-refractivity contribution in [1.82, 2.24) is 0 Å². The van der Waals surface area contributed by atoms with Crippen molar-refractivity contribution in [3.8, 4) is 0 Å². The Morgan fingerprint density at radius 3 is 2.83 bits per heavy atom. The van der Waals surface area contributed by atoms with Gasteiger partial charge in [0.2, 0.25) is 0 Å². The lowest BCUT2D eigenvalue weighted by molar-refractivity contribution is -0.893. The first-order chi connectivity index (χ1) is 8.60. The van der Waals surface area contributed by atoms with E-state index in [1.807, 2.05) is 32.2 Å². The number of aryl methyl sites for hydroxylation is 1. The molecule has 0 aliphatic rings. The number of benzene rings is 1. The number of aliphatic hydroxyl groups is 1. The summed E-state index contributed by atoms with van der Waals surface area (Å²) in [5, 5.41) is 9.90. The van der Waals surface area contributed by atoms with E-state index in [0.717, 1.165) is 21.4 Å². The van der Waals surface area contributed by atoms with Crippen LogP contribution in [0.4, 0.5) is 0 Å². The van der Waals surface area contributed by atoms with Gasteiger partial charge < -0.3 is 14.4 Å². The van der Waals surface area contributed by atoms with Crippen molar-refractivity contribution >= 4 is 11.0 Å². The third-order valence-corrected chi connectivity index (χ3v) is 3.01. The van der Waals surface area contributed by atoms with Crippen LogP contribution in [-0.2, 0) is 6.54 Å². The Morgan fingerprint density at radius 2 is 2.11 bits per heavy atom. The van der Waals surface area contributed by atoms with Gasteiger partial charge in [-0.15, -0.1) is 0 Å². The van der Waals surface area contributed by atoms with E-state index in [4.69, 9.17) is 9.52 Å². The third kappa shape index (κ3) is 2.78. The van der Waals surface area contributed by atoms with E-state index in [2.05, 4.69) is 0 Å². The maximum Gasteiger partial charge on any atom is 0.336 e. The highest BCUT2D eigenvalue weighted by atomic mass is 16.4. The number of nitrogens with one attached hydrogen (secondary N) is 1. The monoisotopic (exact) mass is 248 g/mol. The van der Waals surface area contributed by atoms with Gasteiger partial charge in [-0.1, -0.05) is 11.6 Å². The van der Waals surface area contributed by atoms with Gasteiger partial charge in [0.05, 0.1) is 13.7 Å². The second kappa shape index (κ2) is 5.33. The lowest BCUT2D eigenvalue weighted by atomic mass is 10.1. The van der Waals surface area contributed by atoms with Crippen molar-refractivity contribution in [3.63, 3.8) is 0 Å².